The van der Waals surface area contributed by atoms with Gasteiger partial charge in [-0.3, -0.25) is 24.4 Å². The summed E-state index contributed by atoms with van der Waals surface area (Å²) in [5.74, 6) is -2.22. The normalized spacial score (nSPS) is 13.5. The van der Waals surface area contributed by atoms with Crippen LogP contribution in [0.4, 0.5) is 5.13 Å². The molecule has 0 saturated carbocycles. The van der Waals surface area contributed by atoms with Gasteiger partial charge in [0, 0.05) is 34.8 Å². The van der Waals surface area contributed by atoms with Gasteiger partial charge in [0.25, 0.3) is 5.91 Å². The third-order valence-electron chi connectivity index (χ3n) is 4.90. The van der Waals surface area contributed by atoms with Gasteiger partial charge in [-0.1, -0.05) is 13.3 Å². The first-order valence-corrected chi connectivity index (χ1v) is 12.2. The van der Waals surface area contributed by atoms with Crippen LogP contribution in [0.1, 0.15) is 36.4 Å². The lowest BCUT2D eigenvalue weighted by molar-refractivity contribution is -0.168. The van der Waals surface area contributed by atoms with Crippen LogP contribution in [0.5, 0.6) is 0 Å². The smallest absolute Gasteiger partial charge is 0.250 e. The fraction of sp³-hybridized carbons (Fsp3) is 0.476. The summed E-state index contributed by atoms with van der Waals surface area (Å²) in [5, 5.41) is 20.6. The van der Waals surface area contributed by atoms with E-state index in [1.54, 1.807) is 5.38 Å². The number of carbonyl (C=O) groups is 4. The number of nitrogens with one attached hydrogen (secondary N) is 3. The number of carbonyl (C=O) groups excluding carboxylic acids is 4. The van der Waals surface area contributed by atoms with Gasteiger partial charge < -0.3 is 16.0 Å². The van der Waals surface area contributed by atoms with Gasteiger partial charge in [-0.15, -0.1) is 22.7 Å². The highest BCUT2D eigenvalue weighted by molar-refractivity contribution is 7.13. The summed E-state index contributed by atoms with van der Waals surface area (Å²) < 4.78 is 0. The molecule has 2 aromatic rings. The fourth-order valence-electron chi connectivity index (χ4n) is 3.32. The third kappa shape index (κ3) is 8.22. The summed E-state index contributed by atoms with van der Waals surface area (Å²) in [5.41, 5.74) is 0. The molecule has 0 aliphatic carbocycles. The van der Waals surface area contributed by atoms with Gasteiger partial charge in [-0.05, 0) is 31.9 Å². The van der Waals surface area contributed by atoms with Crippen molar-refractivity contribution >= 4 is 51.9 Å². The molecule has 0 fully saturated rings. The molecule has 4 N–H and O–H groups in total. The van der Waals surface area contributed by atoms with Crippen molar-refractivity contribution in [3.8, 4) is 0 Å². The maximum atomic E-state index is 13.4. The Bertz CT molecular complexity index is 933. The van der Waals surface area contributed by atoms with Crippen LogP contribution in [0.25, 0.3) is 0 Å². The minimum Gasteiger partial charge on any atom is -0.354 e. The van der Waals surface area contributed by atoms with Gasteiger partial charge in [0.1, 0.15) is 6.04 Å². The number of hydrogen-bond donors (Lipinski definition) is 4. The Morgan fingerprint density at radius 3 is 2.58 bits per heavy atom. The lowest BCUT2D eigenvalue weighted by Gasteiger charge is -2.31. The molecule has 3 atom stereocenters. The first-order valence-electron chi connectivity index (χ1n) is 10.5. The molecule has 4 amide bonds. The molecule has 2 heterocycles. The Balaban J connectivity index is 2.27. The zero-order valence-electron chi connectivity index (χ0n) is 18.7. The highest BCUT2D eigenvalue weighted by Crippen LogP contribution is 2.25. The van der Waals surface area contributed by atoms with Gasteiger partial charge in [-0.25, -0.2) is 10.0 Å². The summed E-state index contributed by atoms with van der Waals surface area (Å²) in [6, 6.07) is 1.97. The second-order valence-corrected chi connectivity index (χ2v) is 9.76. The zero-order valence-corrected chi connectivity index (χ0v) is 20.4. The number of anilines is 1. The molecule has 33 heavy (non-hydrogen) atoms. The van der Waals surface area contributed by atoms with Crippen LogP contribution in [-0.4, -0.2) is 58.0 Å². The summed E-state index contributed by atoms with van der Waals surface area (Å²) in [4.78, 5) is 54.9. The number of hydrogen-bond acceptors (Lipinski definition) is 8. The standard InChI is InChI=1S/C21H29N5O5S2/c1-4-5-18(26(31)12-27)16(10-15-7-6-13(2)33-15)19(29)24-17(11-23-14(3)28)20(30)25-21-22-8-9-32-21/h6-9,12,16-18,31H,4-5,10-11H2,1-3H3,(H,23,28)(H,24,29)(H,22,25,30)/t16-,17+,18+/m1/s1. The zero-order chi connectivity index (χ0) is 24.4. The minimum absolute atomic E-state index is 0.127. The molecule has 180 valence electrons. The molecule has 0 bridgehead atoms. The van der Waals surface area contributed by atoms with Crippen molar-refractivity contribution in [2.45, 2.75) is 52.1 Å². The number of aromatic nitrogens is 1. The molecular formula is C21H29N5O5S2. The largest absolute Gasteiger partial charge is 0.354 e. The van der Waals surface area contributed by atoms with E-state index in [0.29, 0.717) is 23.0 Å². The van der Waals surface area contributed by atoms with E-state index in [1.807, 2.05) is 26.0 Å². The number of thiazole rings is 1. The average Bonchev–Trinajstić information content (AvgIpc) is 3.44. The molecule has 2 rings (SSSR count). The Morgan fingerprint density at radius 1 is 1.27 bits per heavy atom. The molecule has 0 aliphatic rings. The molecule has 0 radical (unpaired) electrons. The number of hydroxylamine groups is 2. The molecule has 10 nitrogen and oxygen atoms in total. The van der Waals surface area contributed by atoms with Gasteiger partial charge >= 0.3 is 0 Å². The average molecular weight is 496 g/mol. The number of nitrogens with zero attached hydrogens (tertiary/aromatic N) is 2. The lowest BCUT2D eigenvalue weighted by atomic mass is 9.90. The molecule has 0 aromatic carbocycles. The Labute approximate surface area is 200 Å². The second-order valence-electron chi connectivity index (χ2n) is 7.49. The van der Waals surface area contributed by atoms with Crippen molar-refractivity contribution in [2.75, 3.05) is 11.9 Å². The van der Waals surface area contributed by atoms with Gasteiger partial charge in [-0.2, -0.15) is 0 Å². The highest BCUT2D eigenvalue weighted by Gasteiger charge is 2.34. The fourth-order valence-corrected chi connectivity index (χ4v) is 4.80. The van der Waals surface area contributed by atoms with E-state index in [0.717, 1.165) is 9.75 Å². The predicted molar refractivity (Wildman–Crippen MR) is 126 cm³/mol. The number of rotatable bonds is 13. The highest BCUT2D eigenvalue weighted by atomic mass is 32.1. The van der Waals surface area contributed by atoms with Crippen LogP contribution >= 0.6 is 22.7 Å². The molecule has 0 spiro atoms. The number of aryl methyl sites for hydroxylation is 1. The summed E-state index contributed by atoms with van der Waals surface area (Å²) in [6.07, 6.45) is 3.11. The van der Waals surface area contributed by atoms with Crippen LogP contribution in [0.15, 0.2) is 23.7 Å². The van der Waals surface area contributed by atoms with E-state index in [1.165, 1.54) is 35.8 Å². The van der Waals surface area contributed by atoms with Crippen molar-refractivity contribution in [1.82, 2.24) is 20.7 Å². The molecule has 0 unspecified atom stereocenters. The minimum atomic E-state index is -1.08. The van der Waals surface area contributed by atoms with Crippen molar-refractivity contribution in [2.24, 2.45) is 5.92 Å². The lowest BCUT2D eigenvalue weighted by Crippen LogP contribution is -2.54. The van der Waals surface area contributed by atoms with Gasteiger partial charge in [0.2, 0.25) is 18.2 Å². The first-order chi connectivity index (χ1) is 15.7. The van der Waals surface area contributed by atoms with E-state index in [2.05, 4.69) is 20.9 Å². The van der Waals surface area contributed by atoms with Crippen molar-refractivity contribution < 1.29 is 24.4 Å². The van der Waals surface area contributed by atoms with E-state index in [-0.39, 0.29) is 25.3 Å². The summed E-state index contributed by atoms with van der Waals surface area (Å²) >= 11 is 2.74. The molecule has 0 aliphatic heterocycles. The van der Waals surface area contributed by atoms with Crippen LogP contribution in [-0.2, 0) is 25.6 Å². The van der Waals surface area contributed by atoms with Crippen molar-refractivity contribution in [3.63, 3.8) is 0 Å². The molecule has 12 heteroatoms. The number of thiophene rings is 1. The summed E-state index contributed by atoms with van der Waals surface area (Å²) in [6.45, 7) is 5.02. The van der Waals surface area contributed by atoms with Gasteiger partial charge in [0.05, 0.1) is 12.0 Å². The molecule has 0 saturated heterocycles. The monoisotopic (exact) mass is 495 g/mol. The van der Waals surface area contributed by atoms with E-state index >= 15 is 0 Å². The van der Waals surface area contributed by atoms with Crippen molar-refractivity contribution in [3.05, 3.63) is 33.5 Å². The Hall–Kier alpha value is -2.83. The van der Waals surface area contributed by atoms with Crippen LogP contribution < -0.4 is 16.0 Å². The topological polar surface area (TPSA) is 141 Å². The summed E-state index contributed by atoms with van der Waals surface area (Å²) in [7, 11) is 0. The van der Waals surface area contributed by atoms with E-state index < -0.39 is 29.8 Å². The first kappa shape index (κ1) is 26.4. The van der Waals surface area contributed by atoms with Gasteiger partial charge in [0.15, 0.2) is 5.13 Å². The van der Waals surface area contributed by atoms with Crippen LogP contribution in [0.3, 0.4) is 0 Å². The Kier molecular flexibility index (Phi) is 10.4. The predicted octanol–water partition coefficient (Wildman–Crippen LogP) is 1.95. The van der Waals surface area contributed by atoms with Crippen LogP contribution in [0.2, 0.25) is 0 Å². The quantitative estimate of drug-likeness (QED) is 0.190. The van der Waals surface area contributed by atoms with E-state index in [4.69, 9.17) is 0 Å². The van der Waals surface area contributed by atoms with Crippen molar-refractivity contribution in [1.29, 1.82) is 0 Å². The third-order valence-corrected chi connectivity index (χ3v) is 6.61. The Morgan fingerprint density at radius 2 is 2.03 bits per heavy atom. The molecule has 2 aromatic heterocycles. The second kappa shape index (κ2) is 13.0. The van der Waals surface area contributed by atoms with Crippen LogP contribution in [0, 0.1) is 12.8 Å². The SMILES string of the molecule is CCC[C@@H]([C@@H](Cc1ccc(C)s1)C(=O)N[C@@H](CNC(C)=O)C(=O)Nc1nccs1)N(O)C=O. The maximum absolute atomic E-state index is 13.4. The maximum Gasteiger partial charge on any atom is 0.250 e. The number of amides is 4. The molecular weight excluding hydrogens is 466 g/mol. The van der Waals surface area contributed by atoms with E-state index in [9.17, 15) is 24.4 Å².